The van der Waals surface area contributed by atoms with Crippen LogP contribution >= 0.6 is 0 Å². The van der Waals surface area contributed by atoms with Crippen LogP contribution in [-0.4, -0.2) is 52.5 Å². The maximum absolute atomic E-state index is 11.7. The SMILES string of the molecule is Cc1nnc(CCCN2CCC[C@@H]2CNC(=O)OC(C)(C)C)o1. The molecule has 0 aromatic carbocycles. The van der Waals surface area contributed by atoms with E-state index in [4.69, 9.17) is 9.15 Å². The van der Waals surface area contributed by atoms with Gasteiger partial charge in [-0.05, 0) is 53.1 Å². The van der Waals surface area contributed by atoms with Crippen molar-refractivity contribution in [3.05, 3.63) is 11.8 Å². The zero-order valence-electron chi connectivity index (χ0n) is 14.6. The molecule has 2 heterocycles. The Hall–Kier alpha value is -1.63. The molecule has 23 heavy (non-hydrogen) atoms. The molecule has 130 valence electrons. The number of hydrogen-bond acceptors (Lipinski definition) is 6. The molecule has 0 aliphatic carbocycles. The van der Waals surface area contributed by atoms with E-state index in [-0.39, 0.29) is 6.09 Å². The van der Waals surface area contributed by atoms with Gasteiger partial charge in [0.25, 0.3) is 0 Å². The third kappa shape index (κ3) is 6.17. The van der Waals surface area contributed by atoms with Crippen molar-refractivity contribution in [2.24, 2.45) is 0 Å². The Bertz CT molecular complexity index is 510. The van der Waals surface area contributed by atoms with Crippen LogP contribution in [0.5, 0.6) is 0 Å². The second-order valence-electron chi connectivity index (χ2n) is 7.03. The third-order valence-corrected chi connectivity index (χ3v) is 3.78. The molecule has 0 unspecified atom stereocenters. The fourth-order valence-electron chi connectivity index (χ4n) is 2.81. The van der Waals surface area contributed by atoms with Crippen LogP contribution in [0, 0.1) is 6.92 Å². The standard InChI is InChI=1S/C16H28N4O3/c1-12-18-19-14(22-12)8-6-10-20-9-5-7-13(20)11-17-15(21)23-16(2,3)4/h13H,5-11H2,1-4H3,(H,17,21)/t13-/m1/s1. The highest BCUT2D eigenvalue weighted by atomic mass is 16.6. The van der Waals surface area contributed by atoms with E-state index in [1.165, 1.54) is 6.42 Å². The molecule has 1 aromatic heterocycles. The minimum atomic E-state index is -0.457. The molecule has 0 saturated carbocycles. The number of carbonyl (C=O) groups is 1. The molecule has 2 rings (SSSR count). The summed E-state index contributed by atoms with van der Waals surface area (Å²) < 4.78 is 10.7. The fourth-order valence-corrected chi connectivity index (χ4v) is 2.81. The predicted octanol–water partition coefficient (Wildman–Crippen LogP) is 2.30. The number of amides is 1. The number of rotatable bonds is 6. The van der Waals surface area contributed by atoms with E-state index < -0.39 is 5.60 Å². The van der Waals surface area contributed by atoms with Crippen LogP contribution in [0.1, 0.15) is 51.8 Å². The summed E-state index contributed by atoms with van der Waals surface area (Å²) in [6.07, 6.45) is 3.70. The van der Waals surface area contributed by atoms with Crippen molar-refractivity contribution in [2.45, 2.75) is 65.0 Å². The normalized spacial score (nSPS) is 19.0. The Kier molecular flexibility index (Phi) is 5.98. The Balaban J connectivity index is 1.69. The Morgan fingerprint density at radius 2 is 2.22 bits per heavy atom. The van der Waals surface area contributed by atoms with Crippen LogP contribution in [0.15, 0.2) is 4.42 Å². The maximum atomic E-state index is 11.7. The molecule has 7 nitrogen and oxygen atoms in total. The highest BCUT2D eigenvalue weighted by molar-refractivity contribution is 5.67. The molecule has 1 fully saturated rings. The molecule has 7 heteroatoms. The summed E-state index contributed by atoms with van der Waals surface area (Å²) in [5, 5.41) is 10.7. The van der Waals surface area contributed by atoms with Crippen molar-refractivity contribution < 1.29 is 13.9 Å². The van der Waals surface area contributed by atoms with Crippen LogP contribution in [0.3, 0.4) is 0 Å². The highest BCUT2D eigenvalue weighted by Crippen LogP contribution is 2.17. The van der Waals surface area contributed by atoms with Crippen molar-refractivity contribution in [3.63, 3.8) is 0 Å². The molecule has 0 bridgehead atoms. The van der Waals surface area contributed by atoms with Crippen molar-refractivity contribution in [2.75, 3.05) is 19.6 Å². The van der Waals surface area contributed by atoms with Gasteiger partial charge in [0.2, 0.25) is 11.8 Å². The predicted molar refractivity (Wildman–Crippen MR) is 86.2 cm³/mol. The van der Waals surface area contributed by atoms with Crippen molar-refractivity contribution in [1.82, 2.24) is 20.4 Å². The number of nitrogens with zero attached hydrogens (tertiary/aromatic N) is 3. The zero-order chi connectivity index (χ0) is 16.9. The highest BCUT2D eigenvalue weighted by Gasteiger charge is 2.25. The lowest BCUT2D eigenvalue weighted by atomic mass is 10.2. The van der Waals surface area contributed by atoms with Crippen LogP contribution in [0.2, 0.25) is 0 Å². The molecule has 1 aliphatic heterocycles. The monoisotopic (exact) mass is 324 g/mol. The summed E-state index contributed by atoms with van der Waals surface area (Å²) in [4.78, 5) is 14.2. The first-order valence-corrected chi connectivity index (χ1v) is 8.33. The average Bonchev–Trinajstić information content (AvgIpc) is 3.04. The Morgan fingerprint density at radius 1 is 1.43 bits per heavy atom. The summed E-state index contributed by atoms with van der Waals surface area (Å²) in [6, 6.07) is 0.381. The number of alkyl carbamates (subject to hydrolysis) is 1. The van der Waals surface area contributed by atoms with Gasteiger partial charge in [-0.1, -0.05) is 0 Å². The summed E-state index contributed by atoms with van der Waals surface area (Å²) in [7, 11) is 0. The molecule has 0 radical (unpaired) electrons. The second kappa shape index (κ2) is 7.77. The minimum absolute atomic E-state index is 0.342. The lowest BCUT2D eigenvalue weighted by Gasteiger charge is -2.25. The van der Waals surface area contributed by atoms with E-state index in [0.717, 1.165) is 32.4 Å². The molecule has 1 amide bonds. The van der Waals surface area contributed by atoms with E-state index in [0.29, 0.717) is 24.4 Å². The van der Waals surface area contributed by atoms with E-state index in [1.807, 2.05) is 20.8 Å². The van der Waals surface area contributed by atoms with Crippen molar-refractivity contribution in [1.29, 1.82) is 0 Å². The lowest BCUT2D eigenvalue weighted by molar-refractivity contribution is 0.0513. The number of nitrogens with one attached hydrogen (secondary N) is 1. The van der Waals surface area contributed by atoms with E-state index in [1.54, 1.807) is 6.92 Å². The molecule has 1 saturated heterocycles. The lowest BCUT2D eigenvalue weighted by Crippen LogP contribution is -2.42. The van der Waals surface area contributed by atoms with Crippen LogP contribution in [0.4, 0.5) is 4.79 Å². The van der Waals surface area contributed by atoms with Gasteiger partial charge in [-0.2, -0.15) is 0 Å². The first-order chi connectivity index (χ1) is 10.8. The first-order valence-electron chi connectivity index (χ1n) is 8.33. The largest absolute Gasteiger partial charge is 0.444 e. The van der Waals surface area contributed by atoms with Gasteiger partial charge in [-0.25, -0.2) is 4.79 Å². The second-order valence-corrected chi connectivity index (χ2v) is 7.03. The third-order valence-electron chi connectivity index (χ3n) is 3.78. The summed E-state index contributed by atoms with van der Waals surface area (Å²) in [5.41, 5.74) is -0.457. The maximum Gasteiger partial charge on any atom is 0.407 e. The Morgan fingerprint density at radius 3 is 2.87 bits per heavy atom. The number of aryl methyl sites for hydroxylation is 2. The number of carbonyl (C=O) groups excluding carboxylic acids is 1. The number of hydrogen-bond donors (Lipinski definition) is 1. The molecule has 1 aliphatic rings. The molecular weight excluding hydrogens is 296 g/mol. The molecule has 1 aromatic rings. The fraction of sp³-hybridized carbons (Fsp3) is 0.812. The number of aromatic nitrogens is 2. The molecule has 1 atom stereocenters. The van der Waals surface area contributed by atoms with Gasteiger partial charge in [0, 0.05) is 25.9 Å². The van der Waals surface area contributed by atoms with Crippen LogP contribution in [0.25, 0.3) is 0 Å². The smallest absolute Gasteiger partial charge is 0.407 e. The number of ether oxygens (including phenoxy) is 1. The number of likely N-dealkylation sites (tertiary alicyclic amines) is 1. The molecule has 0 spiro atoms. The molecular formula is C16H28N4O3. The minimum Gasteiger partial charge on any atom is -0.444 e. The molecule has 1 N–H and O–H groups in total. The first kappa shape index (κ1) is 17.7. The van der Waals surface area contributed by atoms with E-state index >= 15 is 0 Å². The summed E-state index contributed by atoms with van der Waals surface area (Å²) in [5.74, 6) is 1.31. The van der Waals surface area contributed by atoms with Gasteiger partial charge >= 0.3 is 6.09 Å². The quantitative estimate of drug-likeness (QED) is 0.865. The van der Waals surface area contributed by atoms with Gasteiger partial charge < -0.3 is 14.5 Å². The summed E-state index contributed by atoms with van der Waals surface area (Å²) >= 11 is 0. The van der Waals surface area contributed by atoms with Crippen molar-refractivity contribution >= 4 is 6.09 Å². The van der Waals surface area contributed by atoms with E-state index in [9.17, 15) is 4.79 Å². The van der Waals surface area contributed by atoms with Crippen LogP contribution in [-0.2, 0) is 11.2 Å². The van der Waals surface area contributed by atoms with Gasteiger partial charge in [0.1, 0.15) is 5.60 Å². The van der Waals surface area contributed by atoms with Crippen LogP contribution < -0.4 is 5.32 Å². The topological polar surface area (TPSA) is 80.5 Å². The van der Waals surface area contributed by atoms with Gasteiger partial charge in [-0.15, -0.1) is 10.2 Å². The van der Waals surface area contributed by atoms with E-state index in [2.05, 4.69) is 20.4 Å². The van der Waals surface area contributed by atoms with Gasteiger partial charge in [0.15, 0.2) is 0 Å². The Labute approximate surface area is 137 Å². The van der Waals surface area contributed by atoms with Gasteiger partial charge in [0.05, 0.1) is 0 Å². The van der Waals surface area contributed by atoms with Gasteiger partial charge in [-0.3, -0.25) is 4.90 Å². The zero-order valence-corrected chi connectivity index (χ0v) is 14.6. The summed E-state index contributed by atoms with van der Waals surface area (Å²) in [6.45, 7) is 10.1. The van der Waals surface area contributed by atoms with Crippen molar-refractivity contribution in [3.8, 4) is 0 Å². The average molecular weight is 324 g/mol.